The van der Waals surface area contributed by atoms with Crippen LogP contribution in [0.4, 0.5) is 0 Å². The highest BCUT2D eigenvalue weighted by molar-refractivity contribution is 5.11. The number of hydrogen-bond acceptors (Lipinski definition) is 2. The van der Waals surface area contributed by atoms with E-state index in [1.807, 2.05) is 0 Å². The molecule has 1 aliphatic carbocycles. The normalized spacial score (nSPS) is 37.8. The molecule has 2 rings (SSSR count). The van der Waals surface area contributed by atoms with Gasteiger partial charge in [0.2, 0.25) is 0 Å². The Morgan fingerprint density at radius 1 is 1.17 bits per heavy atom. The molecule has 1 saturated heterocycles. The van der Waals surface area contributed by atoms with Crippen molar-refractivity contribution in [3.05, 3.63) is 0 Å². The lowest BCUT2D eigenvalue weighted by Crippen LogP contribution is -2.74. The van der Waals surface area contributed by atoms with Crippen molar-refractivity contribution in [1.82, 2.24) is 0 Å². The fourth-order valence-corrected chi connectivity index (χ4v) is 2.79. The minimum atomic E-state index is -0.0721. The molecule has 2 nitrogen and oxygen atoms in total. The van der Waals surface area contributed by atoms with E-state index in [1.165, 1.54) is 32.1 Å². The first-order chi connectivity index (χ1) is 5.57. The molecule has 2 fully saturated rings. The molecule has 0 aromatic carbocycles. The average Bonchev–Trinajstić information content (AvgIpc) is 2.05. The van der Waals surface area contributed by atoms with Gasteiger partial charge in [-0.1, -0.05) is 19.3 Å². The fraction of sp³-hybridized carbons (Fsp3) is 1.00. The molecule has 2 N–H and O–H groups in total. The van der Waals surface area contributed by atoms with Crippen molar-refractivity contribution in [3.63, 3.8) is 0 Å². The van der Waals surface area contributed by atoms with Crippen LogP contribution < -0.4 is 5.73 Å². The highest BCUT2D eigenvalue weighted by Crippen LogP contribution is 2.48. The Morgan fingerprint density at radius 3 is 2.17 bits per heavy atom. The quantitative estimate of drug-likeness (QED) is 0.600. The van der Waals surface area contributed by atoms with Crippen LogP contribution in [0.25, 0.3) is 0 Å². The fourth-order valence-electron chi connectivity index (χ4n) is 2.79. The van der Waals surface area contributed by atoms with Gasteiger partial charge in [-0.3, -0.25) is 0 Å². The van der Waals surface area contributed by atoms with Gasteiger partial charge in [0.15, 0.2) is 0 Å². The molecule has 1 aliphatic heterocycles. The van der Waals surface area contributed by atoms with Gasteiger partial charge in [0, 0.05) is 0 Å². The summed E-state index contributed by atoms with van der Waals surface area (Å²) in [6, 6.07) is 0.255. The van der Waals surface area contributed by atoms with E-state index in [0.29, 0.717) is 0 Å². The van der Waals surface area contributed by atoms with E-state index in [9.17, 15) is 0 Å². The van der Waals surface area contributed by atoms with Crippen LogP contribution in [0.5, 0.6) is 0 Å². The van der Waals surface area contributed by atoms with Crippen LogP contribution >= 0.6 is 0 Å². The molecule has 0 amide bonds. The number of hydrogen-bond donors (Lipinski definition) is 1. The number of rotatable bonds is 0. The third-order valence-electron chi connectivity index (χ3n) is 3.48. The van der Waals surface area contributed by atoms with E-state index in [-0.39, 0.29) is 17.2 Å². The molecule has 1 unspecified atom stereocenters. The van der Waals surface area contributed by atoms with Gasteiger partial charge in [0.05, 0.1) is 17.2 Å². The standard InChI is InChI=1S/C10H19NO/c1-9(2)8(11)10(12-9)6-4-3-5-7-10/h8H,3-7,11H2,1-2H3. The van der Waals surface area contributed by atoms with E-state index >= 15 is 0 Å². The number of nitrogens with two attached hydrogens (primary N) is 1. The van der Waals surface area contributed by atoms with E-state index in [0.717, 1.165) is 0 Å². The van der Waals surface area contributed by atoms with Gasteiger partial charge in [0.1, 0.15) is 0 Å². The molecule has 0 aromatic heterocycles. The Hall–Kier alpha value is -0.0800. The van der Waals surface area contributed by atoms with Crippen molar-refractivity contribution in [1.29, 1.82) is 0 Å². The summed E-state index contributed by atoms with van der Waals surface area (Å²) >= 11 is 0. The first-order valence-corrected chi connectivity index (χ1v) is 5.03. The Balaban J connectivity index is 2.05. The zero-order valence-corrected chi connectivity index (χ0v) is 8.10. The second-order valence-electron chi connectivity index (χ2n) is 4.81. The maximum atomic E-state index is 6.14. The van der Waals surface area contributed by atoms with E-state index in [4.69, 9.17) is 10.5 Å². The second-order valence-corrected chi connectivity index (χ2v) is 4.81. The van der Waals surface area contributed by atoms with Crippen molar-refractivity contribution in [2.45, 2.75) is 63.2 Å². The number of ether oxygens (including phenoxy) is 1. The average molecular weight is 169 g/mol. The van der Waals surface area contributed by atoms with Crippen LogP contribution in [0, 0.1) is 0 Å². The smallest absolute Gasteiger partial charge is 0.0868 e. The van der Waals surface area contributed by atoms with Gasteiger partial charge < -0.3 is 10.5 Å². The third-order valence-corrected chi connectivity index (χ3v) is 3.48. The monoisotopic (exact) mass is 169 g/mol. The first-order valence-electron chi connectivity index (χ1n) is 5.03. The highest BCUT2D eigenvalue weighted by atomic mass is 16.6. The Bertz CT molecular complexity index is 182. The molecule has 12 heavy (non-hydrogen) atoms. The lowest BCUT2D eigenvalue weighted by molar-refractivity contribution is -0.284. The molecular formula is C10H19NO. The highest BCUT2D eigenvalue weighted by Gasteiger charge is 2.58. The van der Waals surface area contributed by atoms with Gasteiger partial charge >= 0.3 is 0 Å². The van der Waals surface area contributed by atoms with Crippen LogP contribution in [-0.4, -0.2) is 17.2 Å². The Morgan fingerprint density at radius 2 is 1.75 bits per heavy atom. The molecule has 1 heterocycles. The summed E-state index contributed by atoms with van der Waals surface area (Å²) in [4.78, 5) is 0. The van der Waals surface area contributed by atoms with Gasteiger partial charge in [0.25, 0.3) is 0 Å². The van der Waals surface area contributed by atoms with Crippen LogP contribution in [-0.2, 0) is 4.74 Å². The maximum absolute atomic E-state index is 6.14. The minimum absolute atomic E-state index is 0.0712. The van der Waals surface area contributed by atoms with Crippen molar-refractivity contribution in [2.24, 2.45) is 5.73 Å². The zero-order valence-electron chi connectivity index (χ0n) is 8.10. The molecule has 70 valence electrons. The van der Waals surface area contributed by atoms with Crippen molar-refractivity contribution in [2.75, 3.05) is 0 Å². The molecular weight excluding hydrogens is 150 g/mol. The summed E-state index contributed by atoms with van der Waals surface area (Å²) in [6.45, 7) is 4.19. The molecule has 1 spiro atoms. The van der Waals surface area contributed by atoms with Crippen molar-refractivity contribution in [3.8, 4) is 0 Å². The summed E-state index contributed by atoms with van der Waals surface area (Å²) in [5, 5.41) is 0. The van der Waals surface area contributed by atoms with E-state index < -0.39 is 0 Å². The lowest BCUT2D eigenvalue weighted by atomic mass is 9.68. The topological polar surface area (TPSA) is 35.2 Å². The lowest BCUT2D eigenvalue weighted by Gasteiger charge is -2.60. The van der Waals surface area contributed by atoms with Crippen molar-refractivity contribution >= 4 is 0 Å². The molecule has 0 aromatic rings. The first kappa shape index (κ1) is 8.52. The Labute approximate surface area is 74.5 Å². The zero-order chi connectivity index (χ0) is 8.82. The summed E-state index contributed by atoms with van der Waals surface area (Å²) in [7, 11) is 0. The van der Waals surface area contributed by atoms with Crippen LogP contribution in [0.2, 0.25) is 0 Å². The minimum Gasteiger partial charge on any atom is -0.366 e. The van der Waals surface area contributed by atoms with E-state index in [1.54, 1.807) is 0 Å². The molecule has 2 aliphatic rings. The van der Waals surface area contributed by atoms with Crippen LogP contribution in [0.15, 0.2) is 0 Å². The van der Waals surface area contributed by atoms with Gasteiger partial charge in [-0.15, -0.1) is 0 Å². The molecule has 0 radical (unpaired) electrons. The van der Waals surface area contributed by atoms with E-state index in [2.05, 4.69) is 13.8 Å². The summed E-state index contributed by atoms with van der Waals surface area (Å²) in [6.07, 6.45) is 6.31. The molecule has 2 heteroatoms. The van der Waals surface area contributed by atoms with Gasteiger partial charge in [-0.25, -0.2) is 0 Å². The van der Waals surface area contributed by atoms with Gasteiger partial charge in [-0.2, -0.15) is 0 Å². The summed E-state index contributed by atoms with van der Waals surface area (Å²) < 4.78 is 5.94. The van der Waals surface area contributed by atoms with Crippen LogP contribution in [0.3, 0.4) is 0 Å². The largest absolute Gasteiger partial charge is 0.366 e. The van der Waals surface area contributed by atoms with Crippen molar-refractivity contribution < 1.29 is 4.74 Å². The predicted octanol–water partition coefficient (Wildman–Crippen LogP) is 1.83. The predicted molar refractivity (Wildman–Crippen MR) is 49.0 cm³/mol. The summed E-state index contributed by atoms with van der Waals surface area (Å²) in [5.41, 5.74) is 6.14. The Kier molecular flexibility index (Phi) is 1.74. The maximum Gasteiger partial charge on any atom is 0.0868 e. The molecule has 0 bridgehead atoms. The molecule has 1 saturated carbocycles. The molecule has 1 atom stereocenters. The third kappa shape index (κ3) is 1.01. The second kappa shape index (κ2) is 2.46. The van der Waals surface area contributed by atoms with Crippen LogP contribution in [0.1, 0.15) is 46.0 Å². The SMILES string of the molecule is CC1(C)OC2(CCCCC2)C1N. The summed E-state index contributed by atoms with van der Waals surface area (Å²) in [5.74, 6) is 0. The van der Waals surface area contributed by atoms with Gasteiger partial charge in [-0.05, 0) is 26.7 Å².